The molecule has 0 fully saturated rings. The number of carbonyl (C=O) groups is 1. The number of methoxy groups -OCH3 is 1. The van der Waals surface area contributed by atoms with Crippen LogP contribution in [0.1, 0.15) is 24.2 Å². The van der Waals surface area contributed by atoms with Crippen molar-refractivity contribution < 1.29 is 9.53 Å². The first-order valence-electron chi connectivity index (χ1n) is 6.84. The summed E-state index contributed by atoms with van der Waals surface area (Å²) in [5, 5.41) is 3.30. The zero-order valence-electron chi connectivity index (χ0n) is 12.6. The molecule has 4 nitrogen and oxygen atoms in total. The van der Waals surface area contributed by atoms with Gasteiger partial charge in [-0.1, -0.05) is 18.2 Å². The molecule has 0 bridgehead atoms. The number of carbonyl (C=O) groups excluding carboxylic acids is 1. The van der Waals surface area contributed by atoms with Crippen molar-refractivity contribution in [1.82, 2.24) is 4.90 Å². The number of rotatable bonds is 8. The fraction of sp³-hybridized carbons (Fsp3) is 0.438. The molecule has 0 saturated carbocycles. The third-order valence-electron chi connectivity index (χ3n) is 2.80. The number of anilines is 1. The van der Waals surface area contributed by atoms with Crippen molar-refractivity contribution in [2.45, 2.75) is 19.9 Å². The number of hydrogen-bond acceptors (Lipinski definition) is 3. The van der Waals surface area contributed by atoms with Crippen LogP contribution in [0, 0.1) is 0 Å². The largest absolute Gasteiger partial charge is 0.383 e. The summed E-state index contributed by atoms with van der Waals surface area (Å²) < 4.78 is 5.06. The molecule has 0 unspecified atom stereocenters. The van der Waals surface area contributed by atoms with Crippen molar-refractivity contribution in [1.29, 1.82) is 0 Å². The maximum Gasteiger partial charge on any atom is 0.256 e. The van der Waals surface area contributed by atoms with Gasteiger partial charge in [0.2, 0.25) is 0 Å². The Bertz CT molecular complexity index is 444. The molecule has 20 heavy (non-hydrogen) atoms. The van der Waals surface area contributed by atoms with Crippen LogP contribution in [-0.4, -0.2) is 43.7 Å². The second kappa shape index (κ2) is 8.38. The lowest BCUT2D eigenvalue weighted by molar-refractivity contribution is 0.0719. The number of nitrogens with one attached hydrogen (secondary N) is 1. The van der Waals surface area contributed by atoms with Crippen LogP contribution in [0.5, 0.6) is 0 Å². The molecule has 1 rings (SSSR count). The van der Waals surface area contributed by atoms with E-state index in [2.05, 4.69) is 11.9 Å². The molecule has 0 spiro atoms. The van der Waals surface area contributed by atoms with Crippen LogP contribution in [0.15, 0.2) is 36.9 Å². The first-order valence-corrected chi connectivity index (χ1v) is 6.84. The summed E-state index contributed by atoms with van der Waals surface area (Å²) in [4.78, 5) is 14.4. The van der Waals surface area contributed by atoms with Gasteiger partial charge in [0.05, 0.1) is 12.2 Å². The Morgan fingerprint density at radius 2 is 2.15 bits per heavy atom. The third kappa shape index (κ3) is 4.70. The number of ether oxygens (including phenoxy) is 1. The van der Waals surface area contributed by atoms with Gasteiger partial charge in [0, 0.05) is 31.9 Å². The smallest absolute Gasteiger partial charge is 0.256 e. The van der Waals surface area contributed by atoms with Crippen molar-refractivity contribution in [3.63, 3.8) is 0 Å². The number of hydrogen-bond donors (Lipinski definition) is 1. The summed E-state index contributed by atoms with van der Waals surface area (Å²) in [6.45, 7) is 9.38. The Kier molecular flexibility index (Phi) is 6.81. The van der Waals surface area contributed by atoms with E-state index in [0.29, 0.717) is 25.3 Å². The van der Waals surface area contributed by atoms with Crippen molar-refractivity contribution in [2.24, 2.45) is 0 Å². The van der Waals surface area contributed by atoms with Gasteiger partial charge in [-0.05, 0) is 26.0 Å². The number of benzene rings is 1. The SMILES string of the molecule is C=CCN(CCOC)C(=O)c1ccccc1NC(C)C. The van der Waals surface area contributed by atoms with Crippen LogP contribution < -0.4 is 5.32 Å². The Morgan fingerprint density at radius 1 is 1.45 bits per heavy atom. The summed E-state index contributed by atoms with van der Waals surface area (Å²) in [6, 6.07) is 7.84. The molecular formula is C16H24N2O2. The van der Waals surface area contributed by atoms with Crippen molar-refractivity contribution in [3.8, 4) is 0 Å². The molecule has 0 aromatic heterocycles. The summed E-state index contributed by atoms with van der Waals surface area (Å²) in [5.74, 6) is -0.00861. The molecule has 0 aliphatic carbocycles. The first-order chi connectivity index (χ1) is 9.60. The first kappa shape index (κ1) is 16.2. The van der Waals surface area contributed by atoms with Gasteiger partial charge in [0.1, 0.15) is 0 Å². The number of amides is 1. The molecule has 0 heterocycles. The van der Waals surface area contributed by atoms with E-state index >= 15 is 0 Å². The van der Waals surface area contributed by atoms with Gasteiger partial charge in [-0.15, -0.1) is 6.58 Å². The summed E-state index contributed by atoms with van der Waals surface area (Å²) in [5.41, 5.74) is 1.54. The van der Waals surface area contributed by atoms with E-state index in [-0.39, 0.29) is 11.9 Å². The van der Waals surface area contributed by atoms with Crippen LogP contribution in [0.25, 0.3) is 0 Å². The Balaban J connectivity index is 2.95. The Morgan fingerprint density at radius 3 is 2.75 bits per heavy atom. The van der Waals surface area contributed by atoms with E-state index in [4.69, 9.17) is 4.74 Å². The maximum absolute atomic E-state index is 12.6. The van der Waals surface area contributed by atoms with Crippen LogP contribution >= 0.6 is 0 Å². The van der Waals surface area contributed by atoms with Crippen molar-refractivity contribution >= 4 is 11.6 Å². The summed E-state index contributed by atoms with van der Waals surface area (Å²) in [6.07, 6.45) is 1.73. The minimum absolute atomic E-state index is 0.00861. The standard InChI is InChI=1S/C16H24N2O2/c1-5-10-18(11-12-20-4)16(19)14-8-6-7-9-15(14)17-13(2)3/h5-9,13,17H,1,10-12H2,2-4H3. The lowest BCUT2D eigenvalue weighted by atomic mass is 10.1. The molecule has 0 aliphatic heterocycles. The van der Waals surface area contributed by atoms with Crippen molar-refractivity contribution in [3.05, 3.63) is 42.5 Å². The fourth-order valence-corrected chi connectivity index (χ4v) is 1.91. The molecule has 1 aromatic carbocycles. The van der Waals surface area contributed by atoms with E-state index in [1.54, 1.807) is 18.1 Å². The highest BCUT2D eigenvalue weighted by Crippen LogP contribution is 2.18. The lowest BCUT2D eigenvalue weighted by Gasteiger charge is -2.23. The van der Waals surface area contributed by atoms with Crippen molar-refractivity contribution in [2.75, 3.05) is 32.1 Å². The normalized spacial score (nSPS) is 10.4. The highest BCUT2D eigenvalue weighted by molar-refractivity contribution is 5.99. The quantitative estimate of drug-likeness (QED) is 0.742. The molecule has 110 valence electrons. The Labute approximate surface area is 121 Å². The highest BCUT2D eigenvalue weighted by atomic mass is 16.5. The highest BCUT2D eigenvalue weighted by Gasteiger charge is 2.17. The van der Waals surface area contributed by atoms with Gasteiger partial charge in [0.15, 0.2) is 0 Å². The minimum Gasteiger partial charge on any atom is -0.383 e. The molecule has 0 aliphatic rings. The molecule has 1 N–H and O–H groups in total. The van der Waals surface area contributed by atoms with Crippen LogP contribution in [-0.2, 0) is 4.74 Å². The topological polar surface area (TPSA) is 41.6 Å². The second-order valence-corrected chi connectivity index (χ2v) is 4.88. The van der Waals surface area contributed by atoms with E-state index in [0.717, 1.165) is 5.69 Å². The number of nitrogens with zero attached hydrogens (tertiary/aromatic N) is 1. The molecule has 1 amide bonds. The maximum atomic E-state index is 12.6. The monoisotopic (exact) mass is 276 g/mol. The van der Waals surface area contributed by atoms with Crippen LogP contribution in [0.2, 0.25) is 0 Å². The summed E-state index contributed by atoms with van der Waals surface area (Å²) >= 11 is 0. The van der Waals surface area contributed by atoms with Gasteiger partial charge >= 0.3 is 0 Å². The predicted octanol–water partition coefficient (Wildman–Crippen LogP) is 2.78. The predicted molar refractivity (Wildman–Crippen MR) is 83.2 cm³/mol. The third-order valence-corrected chi connectivity index (χ3v) is 2.80. The van der Waals surface area contributed by atoms with E-state index in [1.807, 2.05) is 38.1 Å². The van der Waals surface area contributed by atoms with Gasteiger partial charge in [-0.3, -0.25) is 4.79 Å². The molecule has 4 heteroatoms. The van der Waals surface area contributed by atoms with Crippen LogP contribution in [0.4, 0.5) is 5.69 Å². The van der Waals surface area contributed by atoms with E-state index in [1.165, 1.54) is 0 Å². The Hall–Kier alpha value is -1.81. The molecular weight excluding hydrogens is 252 g/mol. The van der Waals surface area contributed by atoms with E-state index < -0.39 is 0 Å². The van der Waals surface area contributed by atoms with Gasteiger partial charge in [-0.25, -0.2) is 0 Å². The molecule has 1 aromatic rings. The van der Waals surface area contributed by atoms with Gasteiger partial charge in [-0.2, -0.15) is 0 Å². The number of para-hydroxylation sites is 1. The fourth-order valence-electron chi connectivity index (χ4n) is 1.91. The lowest BCUT2D eigenvalue weighted by Crippen LogP contribution is -2.34. The zero-order valence-corrected chi connectivity index (χ0v) is 12.6. The molecule has 0 radical (unpaired) electrons. The second-order valence-electron chi connectivity index (χ2n) is 4.88. The molecule has 0 atom stereocenters. The average molecular weight is 276 g/mol. The summed E-state index contributed by atoms with van der Waals surface area (Å²) in [7, 11) is 1.63. The average Bonchev–Trinajstić information content (AvgIpc) is 2.42. The zero-order chi connectivity index (χ0) is 15.0. The van der Waals surface area contributed by atoms with Gasteiger partial charge < -0.3 is 15.0 Å². The van der Waals surface area contributed by atoms with E-state index in [9.17, 15) is 4.79 Å². The minimum atomic E-state index is -0.00861. The van der Waals surface area contributed by atoms with Crippen LogP contribution in [0.3, 0.4) is 0 Å². The molecule has 0 saturated heterocycles. The van der Waals surface area contributed by atoms with Gasteiger partial charge in [0.25, 0.3) is 5.91 Å².